The van der Waals surface area contributed by atoms with Gasteiger partial charge in [-0.2, -0.15) is 0 Å². The van der Waals surface area contributed by atoms with Gasteiger partial charge in [-0.05, 0) is 41.1 Å². The largest absolute Gasteiger partial charge is 0.496 e. The molecule has 0 saturated carbocycles. The third-order valence-electron chi connectivity index (χ3n) is 1.78. The van der Waals surface area contributed by atoms with E-state index in [0.717, 1.165) is 4.47 Å². The van der Waals surface area contributed by atoms with Crippen LogP contribution in [0.5, 0.6) is 11.5 Å². The molecule has 4 nitrogen and oxygen atoms in total. The molecular weight excluding hydrogens is 264 g/mol. The average Bonchev–Trinajstić information content (AvgIpc) is 2.18. The van der Waals surface area contributed by atoms with Crippen molar-refractivity contribution >= 4 is 21.9 Å². The van der Waals surface area contributed by atoms with E-state index in [2.05, 4.69) is 15.9 Å². The van der Waals surface area contributed by atoms with Crippen LogP contribution in [0.4, 0.5) is 0 Å². The molecule has 0 aliphatic rings. The number of carboxylic acids is 1. The molecule has 1 N–H and O–H groups in total. The van der Waals surface area contributed by atoms with E-state index in [1.54, 1.807) is 25.3 Å². The highest BCUT2D eigenvalue weighted by atomic mass is 79.9. The van der Waals surface area contributed by atoms with Crippen LogP contribution in [0.2, 0.25) is 0 Å². The van der Waals surface area contributed by atoms with E-state index in [1.807, 2.05) is 0 Å². The molecule has 0 heterocycles. The van der Waals surface area contributed by atoms with E-state index in [-0.39, 0.29) is 0 Å². The molecule has 0 bridgehead atoms. The van der Waals surface area contributed by atoms with E-state index in [4.69, 9.17) is 14.6 Å². The second kappa shape index (κ2) is 5.02. The van der Waals surface area contributed by atoms with Crippen molar-refractivity contribution in [2.24, 2.45) is 0 Å². The summed E-state index contributed by atoms with van der Waals surface area (Å²) in [6.45, 7) is 1.47. The maximum absolute atomic E-state index is 10.6. The fourth-order valence-electron chi connectivity index (χ4n) is 0.975. The van der Waals surface area contributed by atoms with Gasteiger partial charge in [0.2, 0.25) is 0 Å². The predicted molar refractivity (Wildman–Crippen MR) is 58.4 cm³/mol. The molecule has 15 heavy (non-hydrogen) atoms. The van der Waals surface area contributed by atoms with Gasteiger partial charge in [0.1, 0.15) is 11.5 Å². The number of carboxylic acid groups (broad SMARTS) is 1. The van der Waals surface area contributed by atoms with Crippen LogP contribution in [0.15, 0.2) is 22.7 Å². The molecule has 1 aromatic carbocycles. The zero-order chi connectivity index (χ0) is 11.4. The summed E-state index contributed by atoms with van der Waals surface area (Å²) in [5.41, 5.74) is 0. The molecule has 1 rings (SSSR count). The summed E-state index contributed by atoms with van der Waals surface area (Å²) in [6, 6.07) is 5.02. The summed E-state index contributed by atoms with van der Waals surface area (Å²) < 4.78 is 10.9. The van der Waals surface area contributed by atoms with Gasteiger partial charge in [0, 0.05) is 0 Å². The van der Waals surface area contributed by atoms with Crippen molar-refractivity contribution in [3.8, 4) is 11.5 Å². The van der Waals surface area contributed by atoms with Crippen LogP contribution >= 0.6 is 15.9 Å². The van der Waals surface area contributed by atoms with Gasteiger partial charge >= 0.3 is 5.97 Å². The van der Waals surface area contributed by atoms with Crippen LogP contribution in [-0.2, 0) is 4.79 Å². The van der Waals surface area contributed by atoms with Crippen molar-refractivity contribution in [1.82, 2.24) is 0 Å². The number of hydrogen-bond donors (Lipinski definition) is 1. The van der Waals surface area contributed by atoms with Gasteiger partial charge in [0.25, 0.3) is 0 Å². The highest BCUT2D eigenvalue weighted by Crippen LogP contribution is 2.29. The van der Waals surface area contributed by atoms with Gasteiger partial charge in [-0.15, -0.1) is 0 Å². The number of methoxy groups -OCH3 is 1. The Hall–Kier alpha value is -1.23. The fraction of sp³-hybridized carbons (Fsp3) is 0.300. The molecule has 0 aromatic heterocycles. The molecule has 0 aliphatic carbocycles. The maximum Gasteiger partial charge on any atom is 0.344 e. The van der Waals surface area contributed by atoms with E-state index in [0.29, 0.717) is 11.5 Å². The highest BCUT2D eigenvalue weighted by molar-refractivity contribution is 9.10. The third kappa shape index (κ3) is 3.13. The molecular formula is C10H11BrO4. The van der Waals surface area contributed by atoms with E-state index in [9.17, 15) is 4.79 Å². The summed E-state index contributed by atoms with van der Waals surface area (Å²) in [6.07, 6.45) is -0.870. The fourth-order valence-corrected chi connectivity index (χ4v) is 1.49. The second-order valence-corrected chi connectivity index (χ2v) is 3.75. The summed E-state index contributed by atoms with van der Waals surface area (Å²) >= 11 is 3.28. The zero-order valence-electron chi connectivity index (χ0n) is 8.36. The molecule has 82 valence electrons. The van der Waals surface area contributed by atoms with Gasteiger partial charge in [0.05, 0.1) is 11.6 Å². The Kier molecular flexibility index (Phi) is 3.96. The predicted octanol–water partition coefficient (Wildman–Crippen LogP) is 2.31. The Labute approximate surface area is 95.9 Å². The Bertz CT molecular complexity index is 364. The van der Waals surface area contributed by atoms with Crippen LogP contribution in [-0.4, -0.2) is 24.3 Å². The summed E-state index contributed by atoms with van der Waals surface area (Å²) in [4.78, 5) is 10.6. The zero-order valence-corrected chi connectivity index (χ0v) is 9.95. The van der Waals surface area contributed by atoms with E-state index >= 15 is 0 Å². The van der Waals surface area contributed by atoms with E-state index in [1.165, 1.54) is 6.92 Å². The number of halogens is 1. The molecule has 0 spiro atoms. The molecule has 0 saturated heterocycles. The molecule has 0 aliphatic heterocycles. The lowest BCUT2D eigenvalue weighted by atomic mass is 10.3. The minimum absolute atomic E-state index is 0.484. The van der Waals surface area contributed by atoms with Crippen molar-refractivity contribution in [1.29, 1.82) is 0 Å². The maximum atomic E-state index is 10.6. The first-order chi connectivity index (χ1) is 7.04. The second-order valence-electron chi connectivity index (χ2n) is 2.89. The molecule has 0 radical (unpaired) electrons. The number of ether oxygens (including phenoxy) is 2. The Balaban J connectivity index is 2.79. The number of aliphatic carboxylic acids is 1. The highest BCUT2D eigenvalue weighted by Gasteiger charge is 2.13. The lowest BCUT2D eigenvalue weighted by molar-refractivity contribution is -0.144. The topological polar surface area (TPSA) is 55.8 Å². The molecule has 1 aromatic rings. The van der Waals surface area contributed by atoms with Gasteiger partial charge < -0.3 is 14.6 Å². The monoisotopic (exact) mass is 274 g/mol. The van der Waals surface area contributed by atoms with Crippen LogP contribution in [0.3, 0.4) is 0 Å². The smallest absolute Gasteiger partial charge is 0.344 e. The number of benzene rings is 1. The van der Waals surface area contributed by atoms with Crippen LogP contribution in [0.1, 0.15) is 6.92 Å². The minimum atomic E-state index is -0.998. The first-order valence-electron chi connectivity index (χ1n) is 4.27. The van der Waals surface area contributed by atoms with Gasteiger partial charge in [-0.1, -0.05) is 0 Å². The molecule has 5 heteroatoms. The SMILES string of the molecule is COc1ccc(OC(C)C(=O)O)cc1Br. The molecule has 0 fully saturated rings. The van der Waals surface area contributed by atoms with Crippen LogP contribution in [0.25, 0.3) is 0 Å². The minimum Gasteiger partial charge on any atom is -0.496 e. The van der Waals surface area contributed by atoms with Crippen molar-refractivity contribution in [2.45, 2.75) is 13.0 Å². The van der Waals surface area contributed by atoms with Crippen molar-refractivity contribution in [2.75, 3.05) is 7.11 Å². The standard InChI is InChI=1S/C10H11BrO4/c1-6(10(12)13)15-7-3-4-9(14-2)8(11)5-7/h3-6H,1-2H3,(H,12,13). The van der Waals surface area contributed by atoms with Crippen molar-refractivity contribution < 1.29 is 19.4 Å². The van der Waals surface area contributed by atoms with Crippen LogP contribution in [0, 0.1) is 0 Å². The van der Waals surface area contributed by atoms with Crippen molar-refractivity contribution in [3.63, 3.8) is 0 Å². The summed E-state index contributed by atoms with van der Waals surface area (Å²) in [5, 5.41) is 8.65. The number of hydrogen-bond acceptors (Lipinski definition) is 3. The lowest BCUT2D eigenvalue weighted by Crippen LogP contribution is -2.22. The first kappa shape index (κ1) is 11.8. The Morgan fingerprint density at radius 2 is 2.20 bits per heavy atom. The quantitative estimate of drug-likeness (QED) is 0.916. The Morgan fingerprint density at radius 1 is 1.53 bits per heavy atom. The summed E-state index contributed by atoms with van der Waals surface area (Å²) in [7, 11) is 1.56. The molecule has 1 unspecified atom stereocenters. The number of rotatable bonds is 4. The van der Waals surface area contributed by atoms with Crippen molar-refractivity contribution in [3.05, 3.63) is 22.7 Å². The molecule has 1 atom stereocenters. The lowest BCUT2D eigenvalue weighted by Gasteiger charge is -2.11. The normalized spacial score (nSPS) is 11.9. The Morgan fingerprint density at radius 3 is 2.67 bits per heavy atom. The van der Waals surface area contributed by atoms with Gasteiger partial charge in [-0.3, -0.25) is 0 Å². The van der Waals surface area contributed by atoms with Crippen LogP contribution < -0.4 is 9.47 Å². The van der Waals surface area contributed by atoms with Gasteiger partial charge in [-0.25, -0.2) is 4.79 Å². The average molecular weight is 275 g/mol. The first-order valence-corrected chi connectivity index (χ1v) is 5.07. The number of carbonyl (C=O) groups is 1. The molecule has 0 amide bonds. The summed E-state index contributed by atoms with van der Waals surface area (Å²) in [5.74, 6) is 0.157. The third-order valence-corrected chi connectivity index (χ3v) is 2.40. The van der Waals surface area contributed by atoms with Gasteiger partial charge in [0.15, 0.2) is 6.10 Å². The van der Waals surface area contributed by atoms with E-state index < -0.39 is 12.1 Å².